The molecule has 0 saturated heterocycles. The van der Waals surface area contributed by atoms with Crippen LogP contribution in [0.3, 0.4) is 0 Å². The monoisotopic (exact) mass is 696 g/mol. The summed E-state index contributed by atoms with van der Waals surface area (Å²) in [5.41, 5.74) is 0. The average Bonchev–Trinajstić information content (AvgIpc) is 2.90. The molecular weight excluding hydrogens is 624 g/mol. The van der Waals surface area contributed by atoms with Crippen LogP contribution in [0, 0.1) is 0 Å². The normalized spacial score (nSPS) is 11.2. The minimum Gasteiger partial charge on any atom is -0.394 e. The molecule has 0 aliphatic carbocycles. The van der Waals surface area contributed by atoms with Crippen molar-refractivity contribution in [2.24, 2.45) is 0 Å². The van der Waals surface area contributed by atoms with E-state index in [9.17, 15) is 9.59 Å². The van der Waals surface area contributed by atoms with E-state index in [1.54, 1.807) is 27.7 Å². The van der Waals surface area contributed by atoms with Crippen LogP contribution in [-0.2, 0) is 48.3 Å². The third-order valence-electron chi connectivity index (χ3n) is 4.69. The van der Waals surface area contributed by atoms with Gasteiger partial charge < -0.3 is 46.4 Å². The van der Waals surface area contributed by atoms with Gasteiger partial charge in [-0.15, -0.1) is 0 Å². The van der Waals surface area contributed by atoms with Crippen molar-refractivity contribution in [3.05, 3.63) is 0 Å². The number of hydrogen-bond acceptors (Lipinski definition) is 10. The van der Waals surface area contributed by atoms with Crippen molar-refractivity contribution in [1.29, 1.82) is 0 Å². The fourth-order valence-electron chi connectivity index (χ4n) is 2.32. The first-order chi connectivity index (χ1) is 19.8. The van der Waals surface area contributed by atoms with E-state index in [2.05, 4.69) is 41.5 Å². The molecule has 43 heavy (non-hydrogen) atoms. The molecule has 0 aliphatic rings. The molecule has 0 atom stereocenters. The Hall–Kier alpha value is 0.748. The molecule has 0 rings (SSSR count). The van der Waals surface area contributed by atoms with E-state index in [1.807, 2.05) is 0 Å². The van der Waals surface area contributed by atoms with E-state index < -0.39 is 18.1 Å². The summed E-state index contributed by atoms with van der Waals surface area (Å²) in [6.07, 6.45) is 11.4. The predicted molar refractivity (Wildman–Crippen MR) is 176 cm³/mol. The third kappa shape index (κ3) is 52.6. The molecule has 0 aromatic rings. The largest absolute Gasteiger partial charge is 0.676 e. The molecule has 0 amide bonds. The van der Waals surface area contributed by atoms with Gasteiger partial charge in [0.05, 0.1) is 0 Å². The Morgan fingerprint density at radius 1 is 0.395 bits per heavy atom. The zero-order valence-electron chi connectivity index (χ0n) is 29.6. The Kier molecular flexibility index (Phi) is 50.5. The van der Waals surface area contributed by atoms with Gasteiger partial charge in [0.15, 0.2) is 0 Å². The van der Waals surface area contributed by atoms with Crippen molar-refractivity contribution in [2.45, 2.75) is 158 Å². The molecule has 0 aromatic heterocycles. The second-order valence-corrected chi connectivity index (χ2v) is 14.3. The summed E-state index contributed by atoms with van der Waals surface area (Å²) >= 11 is 0. The van der Waals surface area contributed by atoms with Gasteiger partial charge in [-0.3, -0.25) is 0 Å². The van der Waals surface area contributed by atoms with Gasteiger partial charge in [0, 0.05) is 73.6 Å². The van der Waals surface area contributed by atoms with E-state index in [1.165, 1.54) is 0 Å². The molecule has 0 spiro atoms. The summed E-state index contributed by atoms with van der Waals surface area (Å²) in [5, 5.41) is 16.1. The molecule has 0 fully saturated rings. The molecule has 0 radical (unpaired) electrons. The summed E-state index contributed by atoms with van der Waals surface area (Å²) in [6.45, 7) is 22.5. The number of aliphatic hydroxyl groups excluding tert-OH is 2. The van der Waals surface area contributed by atoms with Gasteiger partial charge in [-0.05, 0) is 66.2 Å². The third-order valence-corrected chi connectivity index (χ3v) is 8.11. The van der Waals surface area contributed by atoms with Crippen LogP contribution in [0.25, 0.3) is 0 Å². The Bertz CT molecular complexity index is 395. The Balaban J connectivity index is -0.000000175. The van der Waals surface area contributed by atoms with Crippen LogP contribution in [-0.4, -0.2) is 89.7 Å². The minimum absolute atomic E-state index is 0. The topological polar surface area (TPSA) is 136 Å². The fraction of sp³-hybridized carbons (Fsp3) is 1.00. The van der Waals surface area contributed by atoms with Crippen molar-refractivity contribution in [1.82, 2.24) is 0 Å². The van der Waals surface area contributed by atoms with Crippen molar-refractivity contribution < 1.29 is 68.1 Å². The fourth-order valence-corrected chi connectivity index (χ4v) is 5.24. The summed E-state index contributed by atoms with van der Waals surface area (Å²) in [5.74, 6) is 0. The van der Waals surface area contributed by atoms with Gasteiger partial charge >= 0.3 is 18.1 Å². The van der Waals surface area contributed by atoms with Crippen molar-refractivity contribution in [3.8, 4) is 0 Å². The van der Waals surface area contributed by atoms with E-state index in [-0.39, 0.29) is 33.9 Å². The van der Waals surface area contributed by atoms with Crippen LogP contribution >= 0.6 is 0 Å². The average molecular weight is 697 g/mol. The maximum atomic E-state index is 10.2. The van der Waals surface area contributed by atoms with Gasteiger partial charge in [0.1, 0.15) is 0 Å². The van der Waals surface area contributed by atoms with Crippen LogP contribution in [0.4, 0.5) is 0 Å². The van der Waals surface area contributed by atoms with Gasteiger partial charge in [0.2, 0.25) is 0 Å². The maximum absolute atomic E-state index is 10.2. The van der Waals surface area contributed by atoms with E-state index >= 15 is 0 Å². The number of unbranched alkanes of at least 4 members (excludes halogenated alkanes) is 6. The second kappa shape index (κ2) is 40.8. The number of rotatable bonds is 24. The number of aliphatic hydroxyl groups is 2. The first-order valence-electron chi connectivity index (χ1n) is 16.5. The Morgan fingerprint density at radius 3 is 0.605 bits per heavy atom. The molecular formula is C30H72O10Si2Ti. The predicted octanol–water partition coefficient (Wildman–Crippen LogP) is 6.50. The zero-order chi connectivity index (χ0) is 33.1. The van der Waals surface area contributed by atoms with Crippen LogP contribution in [0.1, 0.15) is 146 Å². The molecule has 0 aliphatic heterocycles. The van der Waals surface area contributed by atoms with Gasteiger partial charge in [-0.25, -0.2) is 0 Å². The summed E-state index contributed by atoms with van der Waals surface area (Å²) in [4.78, 5) is 20.3. The Labute approximate surface area is 283 Å². The molecule has 4 N–H and O–H groups in total. The Morgan fingerprint density at radius 2 is 0.512 bits per heavy atom. The van der Waals surface area contributed by atoms with Gasteiger partial charge in [0.25, 0.3) is 0 Å². The molecule has 10 nitrogen and oxygen atoms in total. The van der Waals surface area contributed by atoms with Crippen molar-refractivity contribution >= 4 is 18.1 Å². The van der Waals surface area contributed by atoms with Crippen LogP contribution in [0.2, 0.25) is 0 Å². The molecule has 13 heteroatoms. The summed E-state index contributed by atoms with van der Waals surface area (Å²) < 4.78 is 32.5. The van der Waals surface area contributed by atoms with Crippen molar-refractivity contribution in [3.63, 3.8) is 0 Å². The summed E-state index contributed by atoms with van der Waals surface area (Å²) in [6, 6.07) is 0. The van der Waals surface area contributed by atoms with Crippen molar-refractivity contribution in [2.75, 3.05) is 39.6 Å². The van der Waals surface area contributed by atoms with E-state index in [4.69, 9.17) is 36.8 Å². The second-order valence-electron chi connectivity index (χ2n) is 10.4. The summed E-state index contributed by atoms with van der Waals surface area (Å²) in [7, 11) is -6.72. The molecule has 0 bridgehead atoms. The SMILES string of the molecule is CC(C)O.CC(C)O.CCCCO[Si](O)(OCCCC)OCCCC.CCCCO[Si](O)(OCCCC)OCCCC.[Ti]. The molecule has 264 valence electrons. The molecule has 0 aromatic carbocycles. The van der Waals surface area contributed by atoms with Crippen LogP contribution < -0.4 is 0 Å². The zero-order valence-corrected chi connectivity index (χ0v) is 33.2. The maximum Gasteiger partial charge on any atom is 0.676 e. The van der Waals surface area contributed by atoms with E-state index in [0.717, 1.165) is 77.0 Å². The van der Waals surface area contributed by atoms with Crippen LogP contribution in [0.5, 0.6) is 0 Å². The van der Waals surface area contributed by atoms with Gasteiger partial charge in [-0.2, -0.15) is 0 Å². The molecule has 0 saturated carbocycles. The van der Waals surface area contributed by atoms with Crippen LogP contribution in [0.15, 0.2) is 0 Å². The van der Waals surface area contributed by atoms with Gasteiger partial charge in [-0.1, -0.05) is 80.1 Å². The smallest absolute Gasteiger partial charge is 0.394 e. The first kappa shape index (κ1) is 53.2. The molecule has 0 unspecified atom stereocenters. The molecule has 0 heterocycles. The standard InChI is InChI=1S/2C12H28O4Si.2C3H8O.Ti/c2*1-4-7-10-14-17(13,15-11-8-5-2)16-12-9-6-3;2*1-3(2)4;/h2*13H,4-12H2,1-3H3;2*3-4H,1-2H3;. The minimum atomic E-state index is -3.36. The number of hydrogen-bond donors (Lipinski definition) is 4. The first-order valence-corrected chi connectivity index (χ1v) is 19.8. The quantitative estimate of drug-likeness (QED) is 0.0654. The van der Waals surface area contributed by atoms with E-state index in [0.29, 0.717) is 39.6 Å².